The quantitative estimate of drug-likeness (QED) is 0.569. The topological polar surface area (TPSA) is 73.9 Å². The molecule has 2 aromatic rings. The van der Waals surface area contributed by atoms with E-state index in [1.807, 2.05) is 0 Å². The molecule has 0 atom stereocenters. The van der Waals surface area contributed by atoms with Crippen LogP contribution in [0.5, 0.6) is 11.5 Å². The Hall–Kier alpha value is -3.35. The van der Waals surface area contributed by atoms with Crippen molar-refractivity contribution < 1.29 is 28.2 Å². The molecule has 27 heavy (non-hydrogen) atoms. The van der Waals surface area contributed by atoms with E-state index in [4.69, 9.17) is 14.2 Å². The molecule has 0 heterocycles. The summed E-state index contributed by atoms with van der Waals surface area (Å²) in [5.74, 6) is -0.628. The monoisotopic (exact) mass is 373 g/mol. The van der Waals surface area contributed by atoms with E-state index < -0.39 is 24.3 Å². The second kappa shape index (κ2) is 9.96. The molecule has 0 unspecified atom stereocenters. The van der Waals surface area contributed by atoms with Crippen LogP contribution in [0.2, 0.25) is 0 Å². The van der Waals surface area contributed by atoms with Crippen LogP contribution in [0.25, 0.3) is 6.08 Å². The first-order valence-electron chi connectivity index (χ1n) is 8.11. The molecule has 7 heteroatoms. The molecule has 0 saturated carbocycles. The second-order valence-corrected chi connectivity index (χ2v) is 5.39. The molecule has 0 radical (unpaired) electrons. The number of rotatable bonds is 8. The number of hydrogen-bond donors (Lipinski definition) is 1. The van der Waals surface area contributed by atoms with E-state index >= 15 is 0 Å². The number of benzene rings is 2. The molecule has 142 valence electrons. The van der Waals surface area contributed by atoms with Gasteiger partial charge in [0.1, 0.15) is 5.82 Å². The van der Waals surface area contributed by atoms with Gasteiger partial charge < -0.3 is 19.5 Å². The van der Waals surface area contributed by atoms with Crippen LogP contribution in [0.4, 0.5) is 4.39 Å². The predicted molar refractivity (Wildman–Crippen MR) is 97.8 cm³/mol. The normalized spacial score (nSPS) is 10.5. The van der Waals surface area contributed by atoms with Gasteiger partial charge in [0, 0.05) is 23.7 Å². The SMILES string of the molecule is COc1cccc(/C=C/C(=O)OCC(=O)NCc2ccccc2F)c1OC. The maximum Gasteiger partial charge on any atom is 0.331 e. The number of ether oxygens (including phenoxy) is 3. The number of halogens is 1. The third kappa shape index (κ3) is 5.85. The maximum atomic E-state index is 13.5. The van der Waals surface area contributed by atoms with Crippen molar-refractivity contribution >= 4 is 18.0 Å². The van der Waals surface area contributed by atoms with Crippen molar-refractivity contribution in [1.82, 2.24) is 5.32 Å². The molecule has 0 aliphatic heterocycles. The van der Waals surface area contributed by atoms with Crippen molar-refractivity contribution in [2.45, 2.75) is 6.54 Å². The molecule has 0 bridgehead atoms. The summed E-state index contributed by atoms with van der Waals surface area (Å²) in [7, 11) is 3.01. The Labute approximate surface area is 156 Å². The first-order valence-corrected chi connectivity index (χ1v) is 8.11. The van der Waals surface area contributed by atoms with Crippen molar-refractivity contribution in [1.29, 1.82) is 0 Å². The summed E-state index contributed by atoms with van der Waals surface area (Å²) in [6.07, 6.45) is 2.68. The summed E-state index contributed by atoms with van der Waals surface area (Å²) < 4.78 is 28.8. The molecule has 6 nitrogen and oxygen atoms in total. The average molecular weight is 373 g/mol. The van der Waals surface area contributed by atoms with Gasteiger partial charge in [0.25, 0.3) is 5.91 Å². The molecule has 0 saturated heterocycles. The van der Waals surface area contributed by atoms with Gasteiger partial charge in [-0.3, -0.25) is 4.79 Å². The first-order chi connectivity index (χ1) is 13.0. The van der Waals surface area contributed by atoms with Crippen LogP contribution in [-0.4, -0.2) is 32.7 Å². The fourth-order valence-corrected chi connectivity index (χ4v) is 2.27. The highest BCUT2D eigenvalue weighted by atomic mass is 19.1. The largest absolute Gasteiger partial charge is 0.493 e. The van der Waals surface area contributed by atoms with Crippen LogP contribution in [0.15, 0.2) is 48.5 Å². The zero-order valence-corrected chi connectivity index (χ0v) is 15.0. The minimum atomic E-state index is -0.694. The lowest BCUT2D eigenvalue weighted by Gasteiger charge is -2.09. The molecule has 2 rings (SSSR count). The lowest BCUT2D eigenvalue weighted by atomic mass is 10.1. The Morgan fingerprint density at radius 2 is 1.85 bits per heavy atom. The number of nitrogens with one attached hydrogen (secondary N) is 1. The summed E-state index contributed by atoms with van der Waals surface area (Å²) in [5.41, 5.74) is 0.972. The van der Waals surface area contributed by atoms with E-state index in [1.54, 1.807) is 36.4 Å². The number of hydrogen-bond acceptors (Lipinski definition) is 5. The number of amides is 1. The Kier molecular flexibility index (Phi) is 7.37. The van der Waals surface area contributed by atoms with Crippen LogP contribution >= 0.6 is 0 Å². The highest BCUT2D eigenvalue weighted by Gasteiger charge is 2.09. The number of esters is 1. The third-order valence-electron chi connectivity index (χ3n) is 3.61. The highest BCUT2D eigenvalue weighted by molar-refractivity contribution is 5.89. The molecule has 2 aromatic carbocycles. The summed E-state index contributed by atoms with van der Waals surface area (Å²) in [4.78, 5) is 23.5. The van der Waals surface area contributed by atoms with Gasteiger partial charge in [-0.2, -0.15) is 0 Å². The van der Waals surface area contributed by atoms with Crippen molar-refractivity contribution in [3.63, 3.8) is 0 Å². The van der Waals surface area contributed by atoms with Gasteiger partial charge in [0.05, 0.1) is 14.2 Å². The molecule has 0 spiro atoms. The molecule has 0 aromatic heterocycles. The van der Waals surface area contributed by atoms with E-state index in [1.165, 1.54) is 32.4 Å². The van der Waals surface area contributed by atoms with Crippen molar-refractivity contribution in [2.24, 2.45) is 0 Å². The molecule has 0 fully saturated rings. The van der Waals surface area contributed by atoms with Gasteiger partial charge >= 0.3 is 5.97 Å². The van der Waals surface area contributed by atoms with Gasteiger partial charge in [0.15, 0.2) is 18.1 Å². The number of para-hydroxylation sites is 1. The fourth-order valence-electron chi connectivity index (χ4n) is 2.27. The Bertz CT molecular complexity index is 835. The minimum absolute atomic E-state index is 0.0138. The third-order valence-corrected chi connectivity index (χ3v) is 3.61. The van der Waals surface area contributed by atoms with Gasteiger partial charge in [-0.05, 0) is 18.2 Å². The number of carbonyl (C=O) groups excluding carboxylic acids is 2. The summed E-state index contributed by atoms with van der Waals surface area (Å²) in [6, 6.07) is 11.3. The average Bonchev–Trinajstić information content (AvgIpc) is 2.69. The summed E-state index contributed by atoms with van der Waals surface area (Å²) in [6.45, 7) is -0.452. The number of methoxy groups -OCH3 is 2. The Morgan fingerprint density at radius 3 is 2.56 bits per heavy atom. The van der Waals surface area contributed by atoms with Crippen LogP contribution in [0.3, 0.4) is 0 Å². The van der Waals surface area contributed by atoms with E-state index in [-0.39, 0.29) is 6.54 Å². The van der Waals surface area contributed by atoms with E-state index in [0.29, 0.717) is 22.6 Å². The molecule has 0 aliphatic rings. The maximum absolute atomic E-state index is 13.5. The predicted octanol–water partition coefficient (Wildman–Crippen LogP) is 2.72. The van der Waals surface area contributed by atoms with Crippen molar-refractivity contribution in [3.05, 3.63) is 65.5 Å². The standard InChI is InChI=1S/C20H20FNO5/c1-25-17-9-5-7-14(20(17)26-2)10-11-19(24)27-13-18(23)22-12-15-6-3-4-8-16(15)21/h3-11H,12-13H2,1-2H3,(H,22,23)/b11-10+. The van der Waals surface area contributed by atoms with E-state index in [2.05, 4.69) is 5.32 Å². The second-order valence-electron chi connectivity index (χ2n) is 5.39. The van der Waals surface area contributed by atoms with Crippen molar-refractivity contribution in [3.8, 4) is 11.5 Å². The molecule has 1 N–H and O–H groups in total. The molecular formula is C20H20FNO5. The summed E-state index contributed by atoms with van der Waals surface area (Å²) >= 11 is 0. The highest BCUT2D eigenvalue weighted by Crippen LogP contribution is 2.31. The van der Waals surface area contributed by atoms with E-state index in [9.17, 15) is 14.0 Å². The molecule has 0 aliphatic carbocycles. The van der Waals surface area contributed by atoms with Gasteiger partial charge in [-0.1, -0.05) is 30.3 Å². The van der Waals surface area contributed by atoms with Crippen LogP contribution in [0.1, 0.15) is 11.1 Å². The zero-order valence-electron chi connectivity index (χ0n) is 15.0. The first kappa shape index (κ1) is 20.0. The van der Waals surface area contributed by atoms with Gasteiger partial charge in [-0.15, -0.1) is 0 Å². The van der Waals surface area contributed by atoms with Gasteiger partial charge in [0.2, 0.25) is 0 Å². The van der Waals surface area contributed by atoms with Crippen molar-refractivity contribution in [2.75, 3.05) is 20.8 Å². The molecule has 1 amide bonds. The van der Waals surface area contributed by atoms with Crippen LogP contribution in [0, 0.1) is 5.82 Å². The van der Waals surface area contributed by atoms with Gasteiger partial charge in [-0.25, -0.2) is 9.18 Å². The zero-order chi connectivity index (χ0) is 19.6. The summed E-state index contributed by atoms with van der Waals surface area (Å²) in [5, 5.41) is 2.49. The van der Waals surface area contributed by atoms with Crippen LogP contribution < -0.4 is 14.8 Å². The Morgan fingerprint density at radius 1 is 1.07 bits per heavy atom. The lowest BCUT2D eigenvalue weighted by Crippen LogP contribution is -2.28. The molecular weight excluding hydrogens is 353 g/mol. The smallest absolute Gasteiger partial charge is 0.331 e. The van der Waals surface area contributed by atoms with Crippen LogP contribution in [-0.2, 0) is 20.9 Å². The minimum Gasteiger partial charge on any atom is -0.493 e. The van der Waals surface area contributed by atoms with E-state index in [0.717, 1.165) is 0 Å². The Balaban J connectivity index is 1.84. The fraction of sp³-hybridized carbons (Fsp3) is 0.200. The number of carbonyl (C=O) groups is 2. The lowest BCUT2D eigenvalue weighted by molar-refractivity contribution is -0.143.